The van der Waals surface area contributed by atoms with Crippen molar-refractivity contribution >= 4 is 44.8 Å². The Labute approximate surface area is 155 Å². The number of anilines is 1. The van der Waals surface area contributed by atoms with Crippen LogP contribution in [0, 0.1) is 0 Å². The van der Waals surface area contributed by atoms with Gasteiger partial charge in [0.25, 0.3) is 0 Å². The standard InChI is InChI=1S/C13H11Cl2F3N4O3S/c1-5(23)9-11(26(24,25)20-2)12(19)22(21-9)10-7(14)3-6(4-8(10)15)13(16,17)18/h3-4,20H,19H2,1-2H3. The van der Waals surface area contributed by atoms with Gasteiger partial charge in [0, 0.05) is 6.92 Å². The number of nitrogens with one attached hydrogen (secondary N) is 1. The van der Waals surface area contributed by atoms with Gasteiger partial charge in [0.1, 0.15) is 11.5 Å². The normalized spacial score (nSPS) is 12.4. The Morgan fingerprint density at radius 1 is 1.27 bits per heavy atom. The summed E-state index contributed by atoms with van der Waals surface area (Å²) in [5.41, 5.74) is 3.87. The van der Waals surface area contributed by atoms with Crippen molar-refractivity contribution in [3.8, 4) is 5.69 Å². The average molecular weight is 431 g/mol. The number of alkyl halides is 3. The van der Waals surface area contributed by atoms with Gasteiger partial charge < -0.3 is 5.73 Å². The highest BCUT2D eigenvalue weighted by atomic mass is 35.5. The molecule has 0 aliphatic heterocycles. The summed E-state index contributed by atoms with van der Waals surface area (Å²) >= 11 is 11.8. The van der Waals surface area contributed by atoms with Crippen molar-refractivity contribution in [3.63, 3.8) is 0 Å². The van der Waals surface area contributed by atoms with Gasteiger partial charge in [-0.25, -0.2) is 17.8 Å². The van der Waals surface area contributed by atoms with Crippen LogP contribution < -0.4 is 10.5 Å². The average Bonchev–Trinajstić information content (AvgIpc) is 2.84. The third kappa shape index (κ3) is 3.52. The SMILES string of the molecule is CNS(=O)(=O)c1c(C(C)=O)nn(-c2c(Cl)cc(C(F)(F)F)cc2Cl)c1N. The summed E-state index contributed by atoms with van der Waals surface area (Å²) in [5, 5.41) is 2.81. The van der Waals surface area contributed by atoms with E-state index in [-0.39, 0.29) is 5.69 Å². The van der Waals surface area contributed by atoms with E-state index in [2.05, 4.69) is 5.10 Å². The van der Waals surface area contributed by atoms with Crippen LogP contribution in [0.4, 0.5) is 19.0 Å². The Morgan fingerprint density at radius 3 is 2.15 bits per heavy atom. The van der Waals surface area contributed by atoms with Gasteiger partial charge in [-0.1, -0.05) is 23.2 Å². The molecule has 2 rings (SSSR count). The van der Waals surface area contributed by atoms with Crippen LogP contribution in [0.5, 0.6) is 0 Å². The fourth-order valence-corrected chi connectivity index (χ4v) is 3.77. The zero-order chi connectivity index (χ0) is 20.0. The number of aromatic nitrogens is 2. The number of hydrogen-bond acceptors (Lipinski definition) is 5. The van der Waals surface area contributed by atoms with E-state index in [0.29, 0.717) is 16.8 Å². The molecular weight excluding hydrogens is 420 g/mol. The maximum absolute atomic E-state index is 12.8. The highest BCUT2D eigenvalue weighted by Gasteiger charge is 2.34. The first-order valence-corrected chi connectivity index (χ1v) is 8.94. The molecule has 0 bridgehead atoms. The second-order valence-corrected chi connectivity index (χ2v) is 7.66. The van der Waals surface area contributed by atoms with Crippen molar-refractivity contribution in [2.45, 2.75) is 18.0 Å². The monoisotopic (exact) mass is 430 g/mol. The van der Waals surface area contributed by atoms with Crippen LogP contribution in [0.15, 0.2) is 17.0 Å². The topological polar surface area (TPSA) is 107 Å². The molecule has 26 heavy (non-hydrogen) atoms. The number of nitrogen functional groups attached to an aromatic ring is 1. The molecule has 0 fully saturated rings. The van der Waals surface area contributed by atoms with Gasteiger partial charge in [0.15, 0.2) is 16.4 Å². The Morgan fingerprint density at radius 2 is 1.77 bits per heavy atom. The van der Waals surface area contributed by atoms with E-state index in [9.17, 15) is 26.4 Å². The number of rotatable bonds is 4. The van der Waals surface area contributed by atoms with E-state index >= 15 is 0 Å². The number of carbonyl (C=O) groups is 1. The molecule has 1 aromatic carbocycles. The Kier molecular flexibility index (Phi) is 5.30. The Hall–Kier alpha value is -1.82. The molecule has 142 valence electrons. The predicted molar refractivity (Wildman–Crippen MR) is 89.2 cm³/mol. The van der Waals surface area contributed by atoms with Gasteiger partial charge in [0.2, 0.25) is 10.0 Å². The summed E-state index contributed by atoms with van der Waals surface area (Å²) in [5.74, 6) is -1.27. The molecule has 2 aromatic rings. The minimum Gasteiger partial charge on any atom is -0.382 e. The van der Waals surface area contributed by atoms with Crippen molar-refractivity contribution in [1.29, 1.82) is 0 Å². The van der Waals surface area contributed by atoms with Crippen molar-refractivity contribution < 1.29 is 26.4 Å². The number of benzene rings is 1. The number of hydrogen-bond donors (Lipinski definition) is 2. The molecule has 0 saturated carbocycles. The van der Waals surface area contributed by atoms with E-state index in [0.717, 1.165) is 14.0 Å². The van der Waals surface area contributed by atoms with Gasteiger partial charge >= 0.3 is 6.18 Å². The lowest BCUT2D eigenvalue weighted by Gasteiger charge is -2.13. The molecule has 0 amide bonds. The first-order valence-electron chi connectivity index (χ1n) is 6.70. The molecule has 3 N–H and O–H groups in total. The number of carbonyl (C=O) groups excluding carboxylic acids is 1. The van der Waals surface area contributed by atoms with Gasteiger partial charge in [-0.15, -0.1) is 0 Å². The minimum atomic E-state index is -4.70. The van der Waals surface area contributed by atoms with Crippen LogP contribution in [-0.4, -0.2) is 31.0 Å². The lowest BCUT2D eigenvalue weighted by Crippen LogP contribution is -2.21. The number of Topliss-reactive ketones (excluding diaryl/α,β-unsaturated/α-hetero) is 1. The fraction of sp³-hybridized carbons (Fsp3) is 0.231. The minimum absolute atomic E-state index is 0.293. The Balaban J connectivity index is 2.83. The van der Waals surface area contributed by atoms with Crippen molar-refractivity contribution in [1.82, 2.24) is 14.5 Å². The number of halogens is 5. The summed E-state index contributed by atoms with van der Waals surface area (Å²) in [6, 6.07) is 1.17. The highest BCUT2D eigenvalue weighted by Crippen LogP contribution is 2.39. The van der Waals surface area contributed by atoms with E-state index < -0.39 is 54.0 Å². The smallest absolute Gasteiger partial charge is 0.382 e. The lowest BCUT2D eigenvalue weighted by atomic mass is 10.2. The second kappa shape index (κ2) is 6.72. The maximum Gasteiger partial charge on any atom is 0.416 e. The van der Waals surface area contributed by atoms with Crippen LogP contribution in [0.25, 0.3) is 5.69 Å². The van der Waals surface area contributed by atoms with Crippen LogP contribution in [0.1, 0.15) is 23.0 Å². The molecule has 0 atom stereocenters. The second-order valence-electron chi connectivity index (χ2n) is 5.02. The van der Waals surface area contributed by atoms with E-state index in [1.807, 2.05) is 4.72 Å². The van der Waals surface area contributed by atoms with E-state index in [1.54, 1.807) is 0 Å². The summed E-state index contributed by atoms with van der Waals surface area (Å²) in [6.07, 6.45) is -4.70. The fourth-order valence-electron chi connectivity index (χ4n) is 2.12. The molecular formula is C13H11Cl2F3N4O3S. The quantitative estimate of drug-likeness (QED) is 0.725. The Bertz CT molecular complexity index is 980. The van der Waals surface area contributed by atoms with Crippen molar-refractivity contribution in [2.75, 3.05) is 12.8 Å². The summed E-state index contributed by atoms with van der Waals surface area (Å²) in [7, 11) is -3.10. The van der Waals surface area contributed by atoms with Crippen LogP contribution in [0.2, 0.25) is 10.0 Å². The largest absolute Gasteiger partial charge is 0.416 e. The molecule has 1 aromatic heterocycles. The van der Waals surface area contributed by atoms with Crippen molar-refractivity contribution in [3.05, 3.63) is 33.4 Å². The molecule has 0 spiro atoms. The first-order chi connectivity index (χ1) is 11.8. The van der Waals surface area contributed by atoms with Gasteiger partial charge in [-0.2, -0.15) is 18.3 Å². The van der Waals surface area contributed by atoms with E-state index in [1.165, 1.54) is 0 Å². The third-order valence-corrected chi connectivity index (χ3v) is 5.36. The molecule has 0 aliphatic rings. The van der Waals surface area contributed by atoms with Crippen LogP contribution in [-0.2, 0) is 16.2 Å². The number of sulfonamides is 1. The van der Waals surface area contributed by atoms with Gasteiger partial charge in [-0.05, 0) is 19.2 Å². The molecule has 0 unspecified atom stereocenters. The van der Waals surface area contributed by atoms with E-state index in [4.69, 9.17) is 28.9 Å². The predicted octanol–water partition coefficient (Wildman–Crippen LogP) is 2.89. The number of nitrogens with two attached hydrogens (primary N) is 1. The molecule has 13 heteroatoms. The zero-order valence-electron chi connectivity index (χ0n) is 13.1. The molecule has 0 saturated heterocycles. The molecule has 0 radical (unpaired) electrons. The molecule has 1 heterocycles. The van der Waals surface area contributed by atoms with Crippen LogP contribution >= 0.6 is 23.2 Å². The summed E-state index contributed by atoms with van der Waals surface area (Å²) in [4.78, 5) is 11.1. The van der Waals surface area contributed by atoms with Crippen LogP contribution in [0.3, 0.4) is 0 Å². The maximum atomic E-state index is 12.8. The lowest BCUT2D eigenvalue weighted by molar-refractivity contribution is -0.137. The first kappa shape index (κ1) is 20.5. The van der Waals surface area contributed by atoms with Gasteiger partial charge in [-0.3, -0.25) is 4.79 Å². The van der Waals surface area contributed by atoms with Crippen molar-refractivity contribution in [2.24, 2.45) is 0 Å². The molecule has 0 aliphatic carbocycles. The number of nitrogens with zero attached hydrogens (tertiary/aromatic N) is 2. The van der Waals surface area contributed by atoms with Gasteiger partial charge in [0.05, 0.1) is 15.6 Å². The number of ketones is 1. The summed E-state index contributed by atoms with van der Waals surface area (Å²) < 4.78 is 65.5. The summed E-state index contributed by atoms with van der Waals surface area (Å²) in [6.45, 7) is 1.05. The zero-order valence-corrected chi connectivity index (χ0v) is 15.5. The highest BCUT2D eigenvalue weighted by molar-refractivity contribution is 7.89. The molecule has 7 nitrogen and oxygen atoms in total. The third-order valence-electron chi connectivity index (χ3n) is 3.30.